The second-order valence-electron chi connectivity index (χ2n) is 15.1. The van der Waals surface area contributed by atoms with Gasteiger partial charge in [0.1, 0.15) is 6.10 Å². The molecule has 5 aliphatic carbocycles. The zero-order valence-corrected chi connectivity index (χ0v) is 28.0. The third-order valence-corrected chi connectivity index (χ3v) is 12.9. The van der Waals surface area contributed by atoms with Crippen molar-refractivity contribution in [2.75, 3.05) is 6.61 Å². The molecule has 0 bridgehead atoms. The third kappa shape index (κ3) is 5.08. The fourth-order valence-corrected chi connectivity index (χ4v) is 10.2. The number of thiol groups is 1. The van der Waals surface area contributed by atoms with E-state index in [0.717, 1.165) is 0 Å². The lowest BCUT2D eigenvalue weighted by Crippen LogP contribution is -2.74. The van der Waals surface area contributed by atoms with Gasteiger partial charge >= 0.3 is 11.9 Å². The van der Waals surface area contributed by atoms with Crippen LogP contribution in [0, 0.1) is 35.0 Å². The van der Waals surface area contributed by atoms with E-state index in [1.165, 1.54) is 0 Å². The number of aliphatic hydroxyl groups excluding tert-OH is 4. The maximum atomic E-state index is 13.2. The largest absolute Gasteiger partial charge is 0.457 e. The molecule has 10 radical (unpaired) electrons. The van der Waals surface area contributed by atoms with Gasteiger partial charge in [0.2, 0.25) is 0 Å². The van der Waals surface area contributed by atoms with Gasteiger partial charge in [-0.3, -0.25) is 4.79 Å². The fourth-order valence-electron chi connectivity index (χ4n) is 9.78. The SMILES string of the molecule is [B]C1([B])C2CC[C@@]3([B])C4C(=CCC3[C@@]2([B])CC[C@@H]1O)C1C[C@@]([B])(S)[C@@H](OC(=O)/C(C)=C\C)[C@H](OC(=O)C(C)C)[C@]1(CO)[C@H](O)[C@@H]4O. The van der Waals surface area contributed by atoms with Gasteiger partial charge in [0.25, 0.3) is 0 Å². The minimum absolute atomic E-state index is 0.0105. The van der Waals surface area contributed by atoms with E-state index < -0.39 is 105 Å². The first-order valence-corrected chi connectivity index (χ1v) is 16.8. The molecule has 13 atom stereocenters. The summed E-state index contributed by atoms with van der Waals surface area (Å²) in [5.41, 5.74) is -0.806. The number of ether oxygens (including phenoxy) is 2. The monoisotopic (exact) mass is 642 g/mol. The Labute approximate surface area is 284 Å². The molecule has 0 aromatic rings. The number of carbonyl (C=O) groups is 2. The van der Waals surface area contributed by atoms with Crippen LogP contribution >= 0.6 is 12.6 Å². The van der Waals surface area contributed by atoms with Crippen molar-refractivity contribution in [2.45, 2.75) is 117 Å². The Kier molecular flexibility index (Phi) is 9.50. The molecule has 4 fully saturated rings. The van der Waals surface area contributed by atoms with Crippen LogP contribution in [0.15, 0.2) is 23.3 Å². The van der Waals surface area contributed by atoms with Crippen LogP contribution in [0.3, 0.4) is 0 Å². The van der Waals surface area contributed by atoms with Gasteiger partial charge in [-0.1, -0.05) is 72.6 Å². The number of esters is 2. The van der Waals surface area contributed by atoms with E-state index in [2.05, 4.69) is 0 Å². The fraction of sp³-hybridized carbons (Fsp3) is 0.812. The van der Waals surface area contributed by atoms with Crippen molar-refractivity contribution >= 4 is 63.8 Å². The van der Waals surface area contributed by atoms with Crippen molar-refractivity contribution in [3.63, 3.8) is 0 Å². The number of carbonyl (C=O) groups excluding carboxylic acids is 2. The van der Waals surface area contributed by atoms with Gasteiger partial charge < -0.3 is 29.9 Å². The van der Waals surface area contributed by atoms with Crippen LogP contribution in [0.1, 0.15) is 66.2 Å². The summed E-state index contributed by atoms with van der Waals surface area (Å²) in [6.07, 6.45) is -1.72. The lowest BCUT2D eigenvalue weighted by molar-refractivity contribution is -0.248. The molecule has 46 heavy (non-hydrogen) atoms. The van der Waals surface area contributed by atoms with Crippen LogP contribution in [-0.4, -0.2) is 113 Å². The van der Waals surface area contributed by atoms with E-state index in [1.807, 2.05) is 6.08 Å². The molecule has 0 saturated heterocycles. The molecule has 240 valence electrons. The molecule has 0 spiro atoms. The van der Waals surface area contributed by atoms with Crippen molar-refractivity contribution in [1.82, 2.24) is 0 Å². The van der Waals surface area contributed by atoms with E-state index in [9.17, 15) is 30.0 Å². The normalized spacial score (nSPS) is 48.2. The molecule has 14 heteroatoms. The minimum Gasteiger partial charge on any atom is -0.457 e. The summed E-state index contributed by atoms with van der Waals surface area (Å²) >= 11 is 4.77. The molecule has 0 aromatic heterocycles. The van der Waals surface area contributed by atoms with Gasteiger partial charge in [0.05, 0.1) is 69.4 Å². The molecule has 8 nitrogen and oxygen atoms in total. The number of aliphatic hydroxyl groups is 4. The molecule has 0 aliphatic heterocycles. The van der Waals surface area contributed by atoms with Crippen molar-refractivity contribution in [2.24, 2.45) is 35.0 Å². The lowest BCUT2D eigenvalue weighted by atomic mass is 9.24. The van der Waals surface area contributed by atoms with E-state index >= 15 is 0 Å². The van der Waals surface area contributed by atoms with Crippen LogP contribution in [0.2, 0.25) is 15.8 Å². The van der Waals surface area contributed by atoms with Gasteiger partial charge in [-0.2, -0.15) is 12.6 Å². The van der Waals surface area contributed by atoms with E-state index in [0.29, 0.717) is 37.7 Å². The Morgan fingerprint density at radius 1 is 1.02 bits per heavy atom. The molecule has 5 rings (SSSR count). The average molecular weight is 642 g/mol. The maximum absolute atomic E-state index is 13.2. The Balaban J connectivity index is 1.64. The molecular formula is C32H43B5O8S. The standard InChI is InChI=1S/C32H43B5O8S/c1-5-15(4)27(43)45-25-24(44-26(42)14(2)3)28(13-38)17(12-31(25,35)46)16-6-7-18-29(33)11-9-20(39)32(36,37)19(29)8-10-30(18,34)21(16)22(40)23(28)41/h5-6,14,17-25,38-41,46H,7-13H2,1-4H3/b15-5-/t17?,18?,19?,20-,21?,22+,23+,24-,25-,28-,29-,30-,31+/m0/s1. The topological polar surface area (TPSA) is 134 Å². The van der Waals surface area contributed by atoms with Crippen LogP contribution in [0.4, 0.5) is 0 Å². The second kappa shape index (κ2) is 12.1. The van der Waals surface area contributed by atoms with Gasteiger partial charge in [0.15, 0.2) is 6.10 Å². The third-order valence-electron chi connectivity index (χ3n) is 12.4. The Morgan fingerprint density at radius 3 is 2.24 bits per heavy atom. The summed E-state index contributed by atoms with van der Waals surface area (Å²) in [5.74, 6) is -4.46. The van der Waals surface area contributed by atoms with Crippen molar-refractivity contribution in [3.8, 4) is 0 Å². The molecule has 4 N–H and O–H groups in total. The van der Waals surface area contributed by atoms with E-state index in [1.54, 1.807) is 33.8 Å². The summed E-state index contributed by atoms with van der Waals surface area (Å²) in [6, 6.07) is 0. The van der Waals surface area contributed by atoms with Crippen LogP contribution in [-0.2, 0) is 19.1 Å². The van der Waals surface area contributed by atoms with Gasteiger partial charge in [-0.15, -0.1) is 0 Å². The van der Waals surface area contributed by atoms with Crippen LogP contribution in [0.5, 0.6) is 0 Å². The first-order chi connectivity index (χ1) is 21.2. The molecule has 0 amide bonds. The highest BCUT2D eigenvalue weighted by Gasteiger charge is 2.72. The predicted molar refractivity (Wildman–Crippen MR) is 180 cm³/mol. The molecule has 4 unspecified atom stereocenters. The Hall–Kier alpha value is -1.07. The average Bonchev–Trinajstić information content (AvgIpc) is 2.98. The number of allylic oxidation sites excluding steroid dienone is 2. The molecular weight excluding hydrogens is 598 g/mol. The number of hydrogen-bond donors (Lipinski definition) is 5. The first kappa shape index (κ1) is 36.2. The van der Waals surface area contributed by atoms with Crippen LogP contribution in [0.25, 0.3) is 0 Å². The van der Waals surface area contributed by atoms with E-state index in [4.69, 9.17) is 61.3 Å². The summed E-state index contributed by atoms with van der Waals surface area (Å²) in [5, 5.41) is 42.6. The van der Waals surface area contributed by atoms with Crippen molar-refractivity contribution < 1.29 is 39.5 Å². The number of rotatable bonds is 5. The summed E-state index contributed by atoms with van der Waals surface area (Å²) < 4.78 is 10.3. The molecule has 4 saturated carbocycles. The smallest absolute Gasteiger partial charge is 0.333 e. The van der Waals surface area contributed by atoms with E-state index in [-0.39, 0.29) is 12.0 Å². The van der Waals surface area contributed by atoms with Crippen molar-refractivity contribution in [3.05, 3.63) is 23.3 Å². The zero-order valence-electron chi connectivity index (χ0n) is 27.1. The first-order valence-electron chi connectivity index (χ1n) is 16.3. The minimum atomic E-state index is -1.73. The maximum Gasteiger partial charge on any atom is 0.333 e. The molecule has 5 aliphatic rings. The van der Waals surface area contributed by atoms with Crippen molar-refractivity contribution in [1.29, 1.82) is 0 Å². The lowest BCUT2D eigenvalue weighted by Gasteiger charge is -2.71. The highest BCUT2D eigenvalue weighted by atomic mass is 32.1. The summed E-state index contributed by atoms with van der Waals surface area (Å²) in [4.78, 5) is 26.2. The number of fused-ring (bicyclic) bond motifs is 7. The number of hydrogen-bond acceptors (Lipinski definition) is 9. The van der Waals surface area contributed by atoms with Gasteiger partial charge in [-0.05, 0) is 44.9 Å². The van der Waals surface area contributed by atoms with Gasteiger partial charge in [-0.25, -0.2) is 4.79 Å². The van der Waals surface area contributed by atoms with Gasteiger partial charge in [0, 0.05) is 22.2 Å². The summed E-state index contributed by atoms with van der Waals surface area (Å²) in [6.45, 7) is 5.74. The highest BCUT2D eigenvalue weighted by molar-refractivity contribution is 7.83. The Morgan fingerprint density at radius 2 is 1.65 bits per heavy atom. The zero-order chi connectivity index (χ0) is 34.4. The molecule has 0 aromatic carbocycles. The second-order valence-corrected chi connectivity index (χ2v) is 15.9. The van der Waals surface area contributed by atoms with Crippen LogP contribution < -0.4 is 0 Å². The quantitative estimate of drug-likeness (QED) is 0.0995. The predicted octanol–water partition coefficient (Wildman–Crippen LogP) is 1.20. The summed E-state index contributed by atoms with van der Waals surface area (Å²) in [7, 11) is 34.3. The molecule has 0 heterocycles. The highest BCUT2D eigenvalue weighted by Crippen LogP contribution is 2.76. The Bertz CT molecular complexity index is 1310.